The summed E-state index contributed by atoms with van der Waals surface area (Å²) in [5, 5.41) is 0. The Morgan fingerprint density at radius 3 is 2.04 bits per heavy atom. The molecule has 2 aliphatic rings. The minimum atomic E-state index is -0.159. The van der Waals surface area contributed by atoms with E-state index in [1.165, 1.54) is 39.5 Å². The van der Waals surface area contributed by atoms with E-state index in [1.54, 1.807) is 0 Å². The van der Waals surface area contributed by atoms with E-state index in [9.17, 15) is 0 Å². The summed E-state index contributed by atoms with van der Waals surface area (Å²) in [6, 6.07) is 28.5. The molecule has 2 heteroatoms. The van der Waals surface area contributed by atoms with Gasteiger partial charge in [-0.15, -0.1) is 0 Å². The number of aryl methyl sites for hydroxylation is 1. The Hall–Kier alpha value is -3.00. The molecule has 2 unspecified atom stereocenters. The molecule has 0 fully saturated rings. The van der Waals surface area contributed by atoms with Gasteiger partial charge in [0.1, 0.15) is 6.17 Å². The first-order valence-electron chi connectivity index (χ1n) is 10.1. The van der Waals surface area contributed by atoms with Crippen molar-refractivity contribution < 1.29 is 0 Å². The molecule has 140 valence electrons. The standard InChI is InChI=1S/C26H26N2/c1-18-12-8-10-16-23(18)27-19(2)25-26(4,21-13-6-5-7-14-21)22-15-9-11-17-24(22)28(25)20(27)3/h5-17,20H,1-4H3. The van der Waals surface area contributed by atoms with Crippen LogP contribution in [0.1, 0.15) is 37.5 Å². The fourth-order valence-electron chi connectivity index (χ4n) is 5.31. The number of rotatable bonds is 2. The molecular weight excluding hydrogens is 340 g/mol. The van der Waals surface area contributed by atoms with E-state index in [4.69, 9.17) is 0 Å². The third-order valence-corrected chi connectivity index (χ3v) is 6.59. The maximum Gasteiger partial charge on any atom is 0.108 e. The summed E-state index contributed by atoms with van der Waals surface area (Å²) in [7, 11) is 0. The van der Waals surface area contributed by atoms with Crippen molar-refractivity contribution in [2.75, 3.05) is 9.80 Å². The third-order valence-electron chi connectivity index (χ3n) is 6.59. The van der Waals surface area contributed by atoms with Crippen LogP contribution in [0.15, 0.2) is 90.3 Å². The summed E-state index contributed by atoms with van der Waals surface area (Å²) >= 11 is 0. The molecule has 5 rings (SSSR count). The van der Waals surface area contributed by atoms with E-state index in [2.05, 4.69) is 116 Å². The van der Waals surface area contributed by atoms with E-state index in [-0.39, 0.29) is 11.6 Å². The van der Waals surface area contributed by atoms with Crippen molar-refractivity contribution in [2.45, 2.75) is 39.3 Å². The molecule has 0 saturated heterocycles. The van der Waals surface area contributed by atoms with Crippen molar-refractivity contribution in [3.8, 4) is 0 Å². The zero-order valence-corrected chi connectivity index (χ0v) is 17.0. The van der Waals surface area contributed by atoms with Crippen LogP contribution in [0.5, 0.6) is 0 Å². The molecule has 3 aromatic rings. The van der Waals surface area contributed by atoms with Gasteiger partial charge in [0, 0.05) is 17.1 Å². The number of fused-ring (bicyclic) bond motifs is 3. The molecule has 0 saturated carbocycles. The van der Waals surface area contributed by atoms with Crippen LogP contribution in [0.4, 0.5) is 11.4 Å². The number of para-hydroxylation sites is 2. The second-order valence-electron chi connectivity index (χ2n) is 8.10. The van der Waals surface area contributed by atoms with Gasteiger partial charge < -0.3 is 9.80 Å². The number of nitrogens with zero attached hydrogens (tertiary/aromatic N) is 2. The van der Waals surface area contributed by atoms with Gasteiger partial charge in [-0.25, -0.2) is 0 Å². The predicted octanol–water partition coefficient (Wildman–Crippen LogP) is 6.22. The first kappa shape index (κ1) is 17.1. The molecule has 0 radical (unpaired) electrons. The van der Waals surface area contributed by atoms with Gasteiger partial charge in [0.15, 0.2) is 0 Å². The highest BCUT2D eigenvalue weighted by molar-refractivity contribution is 5.80. The smallest absolute Gasteiger partial charge is 0.108 e. The van der Waals surface area contributed by atoms with Crippen LogP contribution in [0.3, 0.4) is 0 Å². The Morgan fingerprint density at radius 2 is 1.32 bits per heavy atom. The molecule has 3 aromatic carbocycles. The fourth-order valence-corrected chi connectivity index (χ4v) is 5.31. The molecule has 0 aliphatic carbocycles. The van der Waals surface area contributed by atoms with Crippen LogP contribution in [0.25, 0.3) is 0 Å². The summed E-state index contributed by atoms with van der Waals surface area (Å²) in [6.07, 6.45) is 0.239. The van der Waals surface area contributed by atoms with Crippen molar-refractivity contribution in [3.05, 3.63) is 107 Å². The molecule has 28 heavy (non-hydrogen) atoms. The van der Waals surface area contributed by atoms with Gasteiger partial charge in [-0.1, -0.05) is 66.7 Å². The Bertz CT molecular complexity index is 1080. The van der Waals surface area contributed by atoms with Gasteiger partial charge in [-0.05, 0) is 56.5 Å². The van der Waals surface area contributed by atoms with Gasteiger partial charge in [-0.2, -0.15) is 0 Å². The quantitative estimate of drug-likeness (QED) is 0.531. The van der Waals surface area contributed by atoms with Crippen LogP contribution in [-0.2, 0) is 5.41 Å². The Balaban J connectivity index is 1.79. The first-order chi connectivity index (χ1) is 13.5. The Kier molecular flexibility index (Phi) is 3.67. The lowest BCUT2D eigenvalue weighted by atomic mass is 9.75. The van der Waals surface area contributed by atoms with Crippen LogP contribution in [0.2, 0.25) is 0 Å². The van der Waals surface area contributed by atoms with Crippen LogP contribution in [0, 0.1) is 6.92 Å². The molecular formula is C26H26N2. The van der Waals surface area contributed by atoms with Gasteiger partial charge in [0.2, 0.25) is 0 Å². The highest BCUT2D eigenvalue weighted by Crippen LogP contribution is 2.57. The fraction of sp³-hybridized carbons (Fsp3) is 0.231. The number of hydrogen-bond donors (Lipinski definition) is 0. The molecule has 0 bridgehead atoms. The minimum Gasteiger partial charge on any atom is -0.322 e. The second-order valence-corrected chi connectivity index (χ2v) is 8.10. The average Bonchev–Trinajstić information content (AvgIpc) is 3.15. The molecule has 0 N–H and O–H groups in total. The molecule has 0 aromatic heterocycles. The van der Waals surface area contributed by atoms with E-state index in [0.29, 0.717) is 0 Å². The maximum atomic E-state index is 2.55. The average molecular weight is 367 g/mol. The van der Waals surface area contributed by atoms with Crippen molar-refractivity contribution in [2.24, 2.45) is 0 Å². The number of benzene rings is 3. The molecule has 0 amide bonds. The highest BCUT2D eigenvalue weighted by Gasteiger charge is 2.52. The Labute approximate surface area is 167 Å². The summed E-state index contributed by atoms with van der Waals surface area (Å²) in [6.45, 7) is 9.18. The lowest BCUT2D eigenvalue weighted by Crippen LogP contribution is -2.38. The zero-order chi connectivity index (χ0) is 19.5. The van der Waals surface area contributed by atoms with E-state index in [1.807, 2.05) is 0 Å². The van der Waals surface area contributed by atoms with Crippen LogP contribution >= 0.6 is 0 Å². The van der Waals surface area contributed by atoms with Crippen molar-refractivity contribution >= 4 is 11.4 Å². The summed E-state index contributed by atoms with van der Waals surface area (Å²) in [5.41, 5.74) is 9.25. The van der Waals surface area contributed by atoms with Crippen LogP contribution in [-0.4, -0.2) is 6.17 Å². The molecule has 2 atom stereocenters. The number of allylic oxidation sites excluding steroid dienone is 2. The third kappa shape index (κ3) is 2.09. The number of anilines is 2. The Morgan fingerprint density at radius 1 is 0.714 bits per heavy atom. The normalized spacial score (nSPS) is 23.2. The van der Waals surface area contributed by atoms with Crippen LogP contribution < -0.4 is 9.80 Å². The zero-order valence-electron chi connectivity index (χ0n) is 17.0. The lowest BCUT2D eigenvalue weighted by Gasteiger charge is -2.32. The largest absolute Gasteiger partial charge is 0.322 e. The van der Waals surface area contributed by atoms with Gasteiger partial charge in [-0.3, -0.25) is 0 Å². The van der Waals surface area contributed by atoms with E-state index in [0.717, 1.165) is 0 Å². The van der Waals surface area contributed by atoms with Gasteiger partial charge >= 0.3 is 0 Å². The molecule has 2 nitrogen and oxygen atoms in total. The minimum absolute atomic E-state index is 0.159. The van der Waals surface area contributed by atoms with Crippen molar-refractivity contribution in [1.29, 1.82) is 0 Å². The van der Waals surface area contributed by atoms with Gasteiger partial charge in [0.05, 0.1) is 11.1 Å². The van der Waals surface area contributed by atoms with Crippen molar-refractivity contribution in [1.82, 2.24) is 0 Å². The number of hydrogen-bond acceptors (Lipinski definition) is 2. The lowest BCUT2D eigenvalue weighted by molar-refractivity contribution is 0.671. The SMILES string of the molecule is CC1=C2N(c3ccccc3C2(C)c2ccccc2)C(C)N1c1ccccc1C. The van der Waals surface area contributed by atoms with E-state index >= 15 is 0 Å². The second kappa shape index (κ2) is 6.00. The summed E-state index contributed by atoms with van der Waals surface area (Å²) < 4.78 is 0. The molecule has 2 aliphatic heterocycles. The van der Waals surface area contributed by atoms with E-state index < -0.39 is 0 Å². The monoisotopic (exact) mass is 366 g/mol. The maximum absolute atomic E-state index is 2.55. The molecule has 2 heterocycles. The highest BCUT2D eigenvalue weighted by atomic mass is 15.4. The molecule has 0 spiro atoms. The van der Waals surface area contributed by atoms with Gasteiger partial charge in [0.25, 0.3) is 0 Å². The summed E-state index contributed by atoms with van der Waals surface area (Å²) in [5.74, 6) is 0. The van der Waals surface area contributed by atoms with Crippen molar-refractivity contribution in [3.63, 3.8) is 0 Å². The first-order valence-corrected chi connectivity index (χ1v) is 10.1. The summed E-state index contributed by atoms with van der Waals surface area (Å²) in [4.78, 5) is 5.05. The predicted molar refractivity (Wildman–Crippen MR) is 118 cm³/mol. The topological polar surface area (TPSA) is 6.48 Å².